The largest absolute Gasteiger partial charge is 0.311 e. The second kappa shape index (κ2) is 6.05. The highest BCUT2D eigenvalue weighted by Crippen LogP contribution is 2.30. The second-order valence-electron chi connectivity index (χ2n) is 4.42. The second-order valence-corrected chi connectivity index (χ2v) is 4.42. The molecular formula is C18H19N. The van der Waals surface area contributed by atoms with Crippen LogP contribution in [-0.4, -0.2) is 0 Å². The first kappa shape index (κ1) is 13.2. The van der Waals surface area contributed by atoms with Crippen molar-refractivity contribution in [3.63, 3.8) is 0 Å². The van der Waals surface area contributed by atoms with Crippen molar-refractivity contribution in [3.8, 4) is 0 Å². The van der Waals surface area contributed by atoms with Gasteiger partial charge in [0, 0.05) is 17.1 Å². The smallest absolute Gasteiger partial charge is 0.0461 e. The van der Waals surface area contributed by atoms with Gasteiger partial charge in [-0.15, -0.1) is 0 Å². The van der Waals surface area contributed by atoms with Gasteiger partial charge < -0.3 is 4.90 Å². The first-order valence-corrected chi connectivity index (χ1v) is 6.47. The predicted octanol–water partition coefficient (Wildman–Crippen LogP) is 5.22. The standard InChI is InChI=1S/C18H19N/c1-4-16(5-2)19(17-9-7-6-8-10-17)18-13-11-15(3)12-14-18/h4-14H,1H2,2-3H3/b16-5+. The van der Waals surface area contributed by atoms with Crippen LogP contribution in [0.5, 0.6) is 0 Å². The lowest BCUT2D eigenvalue weighted by atomic mass is 10.1. The minimum Gasteiger partial charge on any atom is -0.311 e. The van der Waals surface area contributed by atoms with Crippen molar-refractivity contribution in [1.82, 2.24) is 0 Å². The Labute approximate surface area is 115 Å². The van der Waals surface area contributed by atoms with Crippen molar-refractivity contribution in [2.45, 2.75) is 13.8 Å². The molecule has 2 aromatic rings. The summed E-state index contributed by atoms with van der Waals surface area (Å²) in [6.07, 6.45) is 3.95. The number of nitrogens with zero attached hydrogens (tertiary/aromatic N) is 1. The molecule has 96 valence electrons. The Morgan fingerprint density at radius 2 is 1.53 bits per heavy atom. The number of rotatable bonds is 4. The Hall–Kier alpha value is -2.28. The van der Waals surface area contributed by atoms with E-state index in [2.05, 4.69) is 60.9 Å². The highest BCUT2D eigenvalue weighted by atomic mass is 15.1. The zero-order valence-electron chi connectivity index (χ0n) is 11.5. The Balaban J connectivity index is 2.52. The van der Waals surface area contributed by atoms with E-state index in [4.69, 9.17) is 0 Å². The summed E-state index contributed by atoms with van der Waals surface area (Å²) in [5, 5.41) is 0. The number of hydrogen-bond acceptors (Lipinski definition) is 1. The third-order valence-corrected chi connectivity index (χ3v) is 3.07. The van der Waals surface area contributed by atoms with E-state index in [9.17, 15) is 0 Å². The summed E-state index contributed by atoms with van der Waals surface area (Å²) in [7, 11) is 0. The average Bonchev–Trinajstić information content (AvgIpc) is 2.47. The fraction of sp³-hybridized carbons (Fsp3) is 0.111. The fourth-order valence-electron chi connectivity index (χ4n) is 2.06. The van der Waals surface area contributed by atoms with Gasteiger partial charge in [-0.3, -0.25) is 0 Å². The molecule has 0 amide bonds. The van der Waals surface area contributed by atoms with Crippen molar-refractivity contribution < 1.29 is 0 Å². The lowest BCUT2D eigenvalue weighted by Gasteiger charge is -2.26. The quantitative estimate of drug-likeness (QED) is 0.671. The first-order chi connectivity index (χ1) is 9.26. The van der Waals surface area contributed by atoms with Gasteiger partial charge in [-0.2, -0.15) is 0 Å². The van der Waals surface area contributed by atoms with Gasteiger partial charge in [0.15, 0.2) is 0 Å². The van der Waals surface area contributed by atoms with Crippen molar-refractivity contribution in [3.05, 3.63) is 84.6 Å². The topological polar surface area (TPSA) is 3.24 Å². The molecule has 0 saturated heterocycles. The number of anilines is 2. The summed E-state index contributed by atoms with van der Waals surface area (Å²) in [5.41, 5.74) is 4.62. The van der Waals surface area contributed by atoms with E-state index in [-0.39, 0.29) is 0 Å². The molecule has 0 bridgehead atoms. The van der Waals surface area contributed by atoms with Crippen molar-refractivity contribution in [1.29, 1.82) is 0 Å². The van der Waals surface area contributed by atoms with Crippen molar-refractivity contribution in [2.24, 2.45) is 0 Å². The van der Waals surface area contributed by atoms with Crippen LogP contribution in [0.15, 0.2) is 79.0 Å². The maximum Gasteiger partial charge on any atom is 0.0461 e. The molecule has 0 N–H and O–H groups in total. The zero-order chi connectivity index (χ0) is 13.7. The molecule has 0 aliphatic rings. The number of aryl methyl sites for hydroxylation is 1. The van der Waals surface area contributed by atoms with Crippen LogP contribution in [-0.2, 0) is 0 Å². The van der Waals surface area contributed by atoms with E-state index in [1.807, 2.05) is 31.2 Å². The summed E-state index contributed by atoms with van der Waals surface area (Å²) < 4.78 is 0. The fourth-order valence-corrected chi connectivity index (χ4v) is 2.06. The Bertz CT molecular complexity index is 564. The summed E-state index contributed by atoms with van der Waals surface area (Å²) >= 11 is 0. The number of hydrogen-bond donors (Lipinski definition) is 0. The molecule has 0 aliphatic carbocycles. The minimum absolute atomic E-state index is 1.08. The highest BCUT2D eigenvalue weighted by molar-refractivity contribution is 5.69. The van der Waals surface area contributed by atoms with E-state index in [1.165, 1.54) is 5.56 Å². The van der Waals surface area contributed by atoms with Crippen LogP contribution in [0.4, 0.5) is 11.4 Å². The summed E-state index contributed by atoms with van der Waals surface area (Å²) in [5.74, 6) is 0. The third kappa shape index (κ3) is 2.94. The maximum atomic E-state index is 3.91. The molecule has 0 aliphatic heterocycles. The van der Waals surface area contributed by atoms with Gasteiger partial charge in [-0.05, 0) is 44.2 Å². The Morgan fingerprint density at radius 1 is 0.947 bits per heavy atom. The molecular weight excluding hydrogens is 230 g/mol. The van der Waals surface area contributed by atoms with Crippen LogP contribution in [0.3, 0.4) is 0 Å². The van der Waals surface area contributed by atoms with Crippen molar-refractivity contribution >= 4 is 11.4 Å². The van der Waals surface area contributed by atoms with Crippen LogP contribution >= 0.6 is 0 Å². The maximum absolute atomic E-state index is 3.91. The molecule has 1 heteroatoms. The van der Waals surface area contributed by atoms with Gasteiger partial charge in [0.1, 0.15) is 0 Å². The van der Waals surface area contributed by atoms with E-state index < -0.39 is 0 Å². The normalized spacial score (nSPS) is 11.2. The molecule has 0 atom stereocenters. The minimum atomic E-state index is 1.08. The monoisotopic (exact) mass is 249 g/mol. The van der Waals surface area contributed by atoms with Gasteiger partial charge in [-0.25, -0.2) is 0 Å². The molecule has 0 spiro atoms. The summed E-state index contributed by atoms with van der Waals surface area (Å²) in [4.78, 5) is 2.20. The molecule has 19 heavy (non-hydrogen) atoms. The van der Waals surface area contributed by atoms with Gasteiger partial charge >= 0.3 is 0 Å². The average molecular weight is 249 g/mol. The Morgan fingerprint density at radius 3 is 2.05 bits per heavy atom. The number of allylic oxidation sites excluding steroid dienone is 2. The molecule has 0 saturated carbocycles. The molecule has 0 fully saturated rings. The molecule has 2 aromatic carbocycles. The number of benzene rings is 2. The van der Waals surface area contributed by atoms with E-state index in [0.29, 0.717) is 0 Å². The molecule has 0 heterocycles. The van der Waals surface area contributed by atoms with Crippen LogP contribution < -0.4 is 4.90 Å². The number of para-hydroxylation sites is 1. The van der Waals surface area contributed by atoms with Gasteiger partial charge in [0.25, 0.3) is 0 Å². The van der Waals surface area contributed by atoms with Crippen LogP contribution in [0.25, 0.3) is 0 Å². The summed E-state index contributed by atoms with van der Waals surface area (Å²) in [6, 6.07) is 18.9. The molecule has 0 aromatic heterocycles. The molecule has 1 nitrogen and oxygen atoms in total. The predicted molar refractivity (Wildman–Crippen MR) is 83.7 cm³/mol. The van der Waals surface area contributed by atoms with Gasteiger partial charge in [0.2, 0.25) is 0 Å². The molecule has 2 rings (SSSR count). The lowest BCUT2D eigenvalue weighted by molar-refractivity contribution is 1.20. The first-order valence-electron chi connectivity index (χ1n) is 6.47. The van der Waals surface area contributed by atoms with Crippen LogP contribution in [0, 0.1) is 6.92 Å². The van der Waals surface area contributed by atoms with Gasteiger partial charge in [0.05, 0.1) is 0 Å². The summed E-state index contributed by atoms with van der Waals surface area (Å²) in [6.45, 7) is 8.04. The third-order valence-electron chi connectivity index (χ3n) is 3.07. The van der Waals surface area contributed by atoms with Crippen LogP contribution in [0.2, 0.25) is 0 Å². The molecule has 0 unspecified atom stereocenters. The van der Waals surface area contributed by atoms with E-state index in [1.54, 1.807) is 0 Å². The van der Waals surface area contributed by atoms with Crippen molar-refractivity contribution in [2.75, 3.05) is 4.90 Å². The van der Waals surface area contributed by atoms with E-state index >= 15 is 0 Å². The van der Waals surface area contributed by atoms with Gasteiger partial charge in [-0.1, -0.05) is 48.6 Å². The van der Waals surface area contributed by atoms with Crippen LogP contribution in [0.1, 0.15) is 12.5 Å². The lowest BCUT2D eigenvalue weighted by Crippen LogP contribution is -2.14. The SMILES string of the molecule is C=C/C(=C\C)N(c1ccccc1)c1ccc(C)cc1. The zero-order valence-corrected chi connectivity index (χ0v) is 11.5. The highest BCUT2D eigenvalue weighted by Gasteiger charge is 2.11. The van der Waals surface area contributed by atoms with E-state index in [0.717, 1.165) is 17.1 Å². The Kier molecular flexibility index (Phi) is 4.19. The molecule has 0 radical (unpaired) electrons.